The normalized spacial score (nSPS) is 9.91. The second kappa shape index (κ2) is 3.16. The molecule has 0 atom stereocenters. The highest BCUT2D eigenvalue weighted by Gasteiger charge is 2.03. The number of carboxylic acids is 1. The van der Waals surface area contributed by atoms with Crippen LogP contribution in [0.5, 0.6) is 0 Å². The third-order valence-corrected chi connectivity index (χ3v) is 1.27. The van der Waals surface area contributed by atoms with Gasteiger partial charge in [-0.2, -0.15) is 0 Å². The Hall–Kier alpha value is -1.36. The number of aliphatic carboxylic acids is 1. The molecule has 0 amide bonds. The summed E-state index contributed by atoms with van der Waals surface area (Å²) in [6.07, 6.45) is 2.81. The Morgan fingerprint density at radius 2 is 2.45 bits per heavy atom. The lowest BCUT2D eigenvalue weighted by molar-refractivity contribution is -0.137. The molecule has 0 aromatic carbocycles. The van der Waals surface area contributed by atoms with E-state index in [1.165, 1.54) is 17.1 Å². The van der Waals surface area contributed by atoms with Crippen molar-refractivity contribution in [3.8, 4) is 0 Å². The molecule has 0 aliphatic carbocycles. The molecule has 0 aliphatic heterocycles. The topological polar surface area (TPSA) is 75.3 Å². The van der Waals surface area contributed by atoms with Crippen LogP contribution in [0.1, 0.15) is 5.69 Å². The summed E-state index contributed by atoms with van der Waals surface area (Å²) in [4.78, 5) is 13.9. The van der Waals surface area contributed by atoms with Crippen LogP contribution in [0.4, 0.5) is 0 Å². The Morgan fingerprint density at radius 3 is 3.00 bits per heavy atom. The number of nitrogens with zero attached hydrogens (tertiary/aromatic N) is 2. The number of aromatic nitrogens is 2. The van der Waals surface area contributed by atoms with E-state index in [1.807, 2.05) is 0 Å². The zero-order chi connectivity index (χ0) is 8.27. The zero-order valence-corrected chi connectivity index (χ0v) is 5.77. The van der Waals surface area contributed by atoms with Crippen LogP contribution < -0.4 is 0 Å². The summed E-state index contributed by atoms with van der Waals surface area (Å²) in [5.41, 5.74) is 0.507. The zero-order valence-electron chi connectivity index (χ0n) is 5.77. The largest absolute Gasteiger partial charge is 0.480 e. The Morgan fingerprint density at radius 1 is 1.73 bits per heavy atom. The van der Waals surface area contributed by atoms with Crippen molar-refractivity contribution in [3.05, 3.63) is 18.2 Å². The van der Waals surface area contributed by atoms with E-state index in [1.54, 1.807) is 0 Å². The highest BCUT2D eigenvalue weighted by Crippen LogP contribution is 1.97. The van der Waals surface area contributed by atoms with Crippen molar-refractivity contribution in [2.24, 2.45) is 0 Å². The molecule has 1 heterocycles. The summed E-state index contributed by atoms with van der Waals surface area (Å²) in [6.45, 7) is -0.344. The second-order valence-corrected chi connectivity index (χ2v) is 2.06. The van der Waals surface area contributed by atoms with Crippen molar-refractivity contribution < 1.29 is 15.0 Å². The van der Waals surface area contributed by atoms with Gasteiger partial charge in [0.2, 0.25) is 0 Å². The molecule has 0 saturated carbocycles. The highest BCUT2D eigenvalue weighted by molar-refractivity contribution is 5.66. The molecule has 0 saturated heterocycles. The minimum Gasteiger partial charge on any atom is -0.480 e. The summed E-state index contributed by atoms with van der Waals surface area (Å²) in [7, 11) is 0. The average Bonchev–Trinajstić information content (AvgIpc) is 2.34. The maximum atomic E-state index is 10.2. The van der Waals surface area contributed by atoms with E-state index in [0.717, 1.165) is 0 Å². The minimum atomic E-state index is -0.947. The number of imidazole rings is 1. The van der Waals surface area contributed by atoms with Crippen LogP contribution in [0.15, 0.2) is 12.5 Å². The first kappa shape index (κ1) is 7.74. The number of carbonyl (C=O) groups is 1. The Kier molecular flexibility index (Phi) is 2.22. The Labute approximate surface area is 62.9 Å². The van der Waals surface area contributed by atoms with Crippen molar-refractivity contribution in [1.82, 2.24) is 9.55 Å². The monoisotopic (exact) mass is 156 g/mol. The lowest BCUT2D eigenvalue weighted by Gasteiger charge is -2.00. The van der Waals surface area contributed by atoms with Gasteiger partial charge in [0.25, 0.3) is 0 Å². The molecule has 0 spiro atoms. The van der Waals surface area contributed by atoms with E-state index in [0.29, 0.717) is 5.69 Å². The van der Waals surface area contributed by atoms with Gasteiger partial charge in [-0.25, -0.2) is 4.98 Å². The molecule has 0 bridgehead atoms. The fourth-order valence-electron chi connectivity index (χ4n) is 0.768. The predicted octanol–water partition coefficient (Wildman–Crippen LogP) is -0.540. The SMILES string of the molecule is O=C(O)Cn1cncc1CO. The van der Waals surface area contributed by atoms with Gasteiger partial charge in [0.05, 0.1) is 24.8 Å². The molecule has 5 heteroatoms. The van der Waals surface area contributed by atoms with Gasteiger partial charge in [-0.1, -0.05) is 0 Å². The summed E-state index contributed by atoms with van der Waals surface area (Å²) in [5, 5.41) is 17.0. The van der Waals surface area contributed by atoms with Gasteiger partial charge in [-0.3, -0.25) is 4.79 Å². The third-order valence-electron chi connectivity index (χ3n) is 1.27. The molecule has 0 unspecified atom stereocenters. The Bertz CT molecular complexity index is 256. The standard InChI is InChI=1S/C6H8N2O3/c9-3-5-1-7-4-8(5)2-6(10)11/h1,4,9H,2-3H2,(H,10,11). The Balaban J connectivity index is 2.76. The van der Waals surface area contributed by atoms with E-state index < -0.39 is 5.97 Å². The molecule has 5 nitrogen and oxygen atoms in total. The van der Waals surface area contributed by atoms with E-state index in [-0.39, 0.29) is 13.2 Å². The van der Waals surface area contributed by atoms with Gasteiger partial charge in [-0.15, -0.1) is 0 Å². The van der Waals surface area contributed by atoms with Crippen molar-refractivity contribution in [3.63, 3.8) is 0 Å². The van der Waals surface area contributed by atoms with Crippen LogP contribution in [0, 0.1) is 0 Å². The van der Waals surface area contributed by atoms with Crippen LogP contribution >= 0.6 is 0 Å². The van der Waals surface area contributed by atoms with Gasteiger partial charge in [-0.05, 0) is 0 Å². The van der Waals surface area contributed by atoms with Crippen molar-refractivity contribution in [1.29, 1.82) is 0 Å². The maximum absolute atomic E-state index is 10.2. The first-order valence-corrected chi connectivity index (χ1v) is 3.05. The van der Waals surface area contributed by atoms with Gasteiger partial charge in [0.15, 0.2) is 0 Å². The quantitative estimate of drug-likeness (QED) is 0.616. The fraction of sp³-hybridized carbons (Fsp3) is 0.333. The number of rotatable bonds is 3. The van der Waals surface area contributed by atoms with Crippen LogP contribution in [-0.4, -0.2) is 25.7 Å². The molecule has 1 aromatic rings. The summed E-state index contributed by atoms with van der Waals surface area (Å²) in [6, 6.07) is 0. The van der Waals surface area contributed by atoms with E-state index in [9.17, 15) is 4.79 Å². The molecular formula is C6H8N2O3. The molecule has 0 fully saturated rings. The molecule has 11 heavy (non-hydrogen) atoms. The van der Waals surface area contributed by atoms with Crippen LogP contribution in [0.25, 0.3) is 0 Å². The average molecular weight is 156 g/mol. The van der Waals surface area contributed by atoms with Gasteiger partial charge in [0, 0.05) is 0 Å². The molecule has 60 valence electrons. The number of hydrogen-bond donors (Lipinski definition) is 2. The van der Waals surface area contributed by atoms with Crippen molar-refractivity contribution in [2.45, 2.75) is 13.2 Å². The predicted molar refractivity (Wildman–Crippen MR) is 35.8 cm³/mol. The highest BCUT2D eigenvalue weighted by atomic mass is 16.4. The first-order valence-electron chi connectivity index (χ1n) is 3.05. The van der Waals surface area contributed by atoms with Crippen LogP contribution in [0.2, 0.25) is 0 Å². The van der Waals surface area contributed by atoms with E-state index in [2.05, 4.69) is 4.98 Å². The van der Waals surface area contributed by atoms with E-state index in [4.69, 9.17) is 10.2 Å². The minimum absolute atomic E-state index is 0.157. The van der Waals surface area contributed by atoms with Crippen LogP contribution in [0.3, 0.4) is 0 Å². The summed E-state index contributed by atoms with van der Waals surface area (Å²) in [5.74, 6) is -0.947. The molecule has 0 aliphatic rings. The number of hydrogen-bond acceptors (Lipinski definition) is 3. The molecule has 1 rings (SSSR count). The lowest BCUT2D eigenvalue weighted by Crippen LogP contribution is -2.10. The summed E-state index contributed by atoms with van der Waals surface area (Å²) < 4.78 is 1.38. The summed E-state index contributed by atoms with van der Waals surface area (Å²) >= 11 is 0. The fourth-order valence-corrected chi connectivity index (χ4v) is 0.768. The third kappa shape index (κ3) is 1.78. The molecule has 0 radical (unpaired) electrons. The van der Waals surface area contributed by atoms with Gasteiger partial charge >= 0.3 is 5.97 Å². The lowest BCUT2D eigenvalue weighted by atomic mass is 10.5. The molecular weight excluding hydrogens is 148 g/mol. The van der Waals surface area contributed by atoms with Gasteiger partial charge < -0.3 is 14.8 Å². The molecule has 2 N–H and O–H groups in total. The molecule has 1 aromatic heterocycles. The number of carboxylic acid groups (broad SMARTS) is 1. The van der Waals surface area contributed by atoms with Crippen molar-refractivity contribution in [2.75, 3.05) is 0 Å². The van der Waals surface area contributed by atoms with Crippen molar-refractivity contribution >= 4 is 5.97 Å². The van der Waals surface area contributed by atoms with Gasteiger partial charge in [0.1, 0.15) is 6.54 Å². The smallest absolute Gasteiger partial charge is 0.323 e. The maximum Gasteiger partial charge on any atom is 0.323 e. The first-order chi connectivity index (χ1) is 5.24. The van der Waals surface area contributed by atoms with Crippen LogP contribution in [-0.2, 0) is 17.9 Å². The number of aliphatic hydroxyl groups excluding tert-OH is 1. The van der Waals surface area contributed by atoms with E-state index >= 15 is 0 Å². The number of aliphatic hydroxyl groups is 1. The second-order valence-electron chi connectivity index (χ2n) is 2.06.